The molecule has 0 amide bonds. The highest BCUT2D eigenvalue weighted by Gasteiger charge is 2.34. The van der Waals surface area contributed by atoms with Gasteiger partial charge in [0.1, 0.15) is 0 Å². The van der Waals surface area contributed by atoms with Crippen LogP contribution in [0.3, 0.4) is 0 Å². The van der Waals surface area contributed by atoms with Gasteiger partial charge in [-0.25, -0.2) is 4.98 Å². The second-order valence-corrected chi connectivity index (χ2v) is 9.42. The fourth-order valence-electron chi connectivity index (χ4n) is 4.14. The smallest absolute Gasteiger partial charge is 0.194 e. The molecule has 0 saturated carbocycles. The fraction of sp³-hybridized carbons (Fsp3) is 0.800. The fourth-order valence-corrected chi connectivity index (χ4v) is 5.36. The lowest BCUT2D eigenvalue weighted by Gasteiger charge is -2.40. The number of ether oxygens (including phenoxy) is 1. The highest BCUT2D eigenvalue weighted by Crippen LogP contribution is 2.36. The van der Waals surface area contributed by atoms with Crippen LogP contribution in [0.15, 0.2) is 23.7 Å². The van der Waals surface area contributed by atoms with Crippen LogP contribution in [0.2, 0.25) is 0 Å². The molecule has 0 bridgehead atoms. The summed E-state index contributed by atoms with van der Waals surface area (Å²) >= 11 is 2.06. The summed E-state index contributed by atoms with van der Waals surface area (Å²) in [4.78, 5) is 11.8. The van der Waals surface area contributed by atoms with Gasteiger partial charge in [-0.2, -0.15) is 11.8 Å². The zero-order valence-electron chi connectivity index (χ0n) is 17.1. The van der Waals surface area contributed by atoms with Gasteiger partial charge >= 0.3 is 0 Å². The third-order valence-corrected chi connectivity index (χ3v) is 7.27. The molecule has 2 aliphatic rings. The van der Waals surface area contributed by atoms with Crippen LogP contribution >= 0.6 is 11.8 Å². The summed E-state index contributed by atoms with van der Waals surface area (Å²) in [5, 5.41) is 3.54. The van der Waals surface area contributed by atoms with Crippen LogP contribution in [-0.4, -0.2) is 70.3 Å². The van der Waals surface area contributed by atoms with E-state index in [1.54, 1.807) is 0 Å². The molecule has 0 aliphatic carbocycles. The van der Waals surface area contributed by atoms with Crippen molar-refractivity contribution >= 4 is 17.7 Å². The summed E-state index contributed by atoms with van der Waals surface area (Å²) in [6.07, 6.45) is 9.29. The number of likely N-dealkylation sites (tertiary alicyclic amines) is 1. The number of aromatic nitrogens is 2. The van der Waals surface area contributed by atoms with E-state index < -0.39 is 0 Å². The van der Waals surface area contributed by atoms with E-state index in [1.807, 2.05) is 12.5 Å². The van der Waals surface area contributed by atoms with E-state index in [9.17, 15) is 0 Å². The second-order valence-electron chi connectivity index (χ2n) is 7.69. The first kappa shape index (κ1) is 20.5. The van der Waals surface area contributed by atoms with Crippen LogP contribution in [-0.2, 0) is 4.74 Å². The summed E-state index contributed by atoms with van der Waals surface area (Å²) in [7, 11) is 0. The molecule has 7 heteroatoms. The number of piperidine rings is 1. The van der Waals surface area contributed by atoms with Crippen molar-refractivity contribution in [2.75, 3.05) is 45.1 Å². The first-order valence-corrected chi connectivity index (χ1v) is 11.4. The van der Waals surface area contributed by atoms with Gasteiger partial charge in [0, 0.05) is 50.0 Å². The maximum Gasteiger partial charge on any atom is 0.194 e. The first-order chi connectivity index (χ1) is 13.2. The van der Waals surface area contributed by atoms with Crippen LogP contribution in [0.25, 0.3) is 0 Å². The number of hydrogen-bond acceptors (Lipinski definition) is 4. The molecule has 3 rings (SSSR count). The number of aliphatic imine (C=N–C) groups is 1. The quantitative estimate of drug-likeness (QED) is 0.595. The lowest BCUT2D eigenvalue weighted by atomic mass is 9.93. The van der Waals surface area contributed by atoms with Crippen molar-refractivity contribution in [1.29, 1.82) is 0 Å². The number of hydrogen-bond donors (Lipinski definition) is 1. The zero-order chi connectivity index (χ0) is 19.1. The minimum Gasteiger partial charge on any atom is -0.381 e. The van der Waals surface area contributed by atoms with E-state index in [0.717, 1.165) is 63.9 Å². The highest BCUT2D eigenvalue weighted by molar-refractivity contribution is 8.00. The van der Waals surface area contributed by atoms with Gasteiger partial charge in [-0.05, 0) is 37.9 Å². The van der Waals surface area contributed by atoms with E-state index in [0.29, 0.717) is 12.0 Å². The van der Waals surface area contributed by atoms with Gasteiger partial charge in [0.25, 0.3) is 0 Å². The number of nitrogens with one attached hydrogen (secondary N) is 1. The van der Waals surface area contributed by atoms with Crippen molar-refractivity contribution in [3.63, 3.8) is 0 Å². The molecule has 0 aromatic carbocycles. The Kier molecular flexibility index (Phi) is 7.47. The number of nitrogens with zero attached hydrogens (tertiary/aromatic N) is 4. The van der Waals surface area contributed by atoms with Crippen molar-refractivity contribution in [3.8, 4) is 0 Å². The van der Waals surface area contributed by atoms with E-state index >= 15 is 0 Å². The average Bonchev–Trinajstić information content (AvgIpc) is 3.21. The number of thioether (sulfide) groups is 1. The molecule has 2 atom stereocenters. The lowest BCUT2D eigenvalue weighted by molar-refractivity contribution is 0.0792. The highest BCUT2D eigenvalue weighted by atomic mass is 32.2. The number of imidazole rings is 1. The van der Waals surface area contributed by atoms with Gasteiger partial charge in [0.05, 0.1) is 18.9 Å². The molecule has 1 aromatic heterocycles. The summed E-state index contributed by atoms with van der Waals surface area (Å²) in [5.41, 5.74) is 0. The monoisotopic (exact) mass is 393 g/mol. The molecule has 2 saturated heterocycles. The molecule has 2 unspecified atom stereocenters. The topological polar surface area (TPSA) is 54.7 Å². The Hall–Kier alpha value is -1.21. The van der Waals surface area contributed by atoms with Crippen LogP contribution in [0.5, 0.6) is 0 Å². The molecule has 1 aromatic rings. The first-order valence-electron chi connectivity index (χ1n) is 10.4. The van der Waals surface area contributed by atoms with Crippen molar-refractivity contribution < 1.29 is 4.74 Å². The minimum absolute atomic E-state index is 0.237. The van der Waals surface area contributed by atoms with E-state index in [2.05, 4.69) is 58.5 Å². The van der Waals surface area contributed by atoms with Crippen LogP contribution in [0.1, 0.15) is 46.1 Å². The zero-order valence-corrected chi connectivity index (χ0v) is 17.9. The Morgan fingerprint density at radius 3 is 2.85 bits per heavy atom. The molecule has 2 aliphatic heterocycles. The third-order valence-electron chi connectivity index (χ3n) is 5.83. The summed E-state index contributed by atoms with van der Waals surface area (Å²) in [6, 6.07) is 0.451. The molecule has 27 heavy (non-hydrogen) atoms. The Bertz CT molecular complexity index is 580. The standard InChI is InChI=1S/C20H35N5OS/c1-4-22-19(23-15-20(27-5-2)7-12-26-13-8-20)24-10-6-17(3)18(14-24)25-11-9-21-16-25/h9,11,16-18H,4-8,10,12-15H2,1-3H3,(H,22,23). The number of rotatable bonds is 6. The van der Waals surface area contributed by atoms with Crippen LogP contribution in [0, 0.1) is 5.92 Å². The molecule has 0 spiro atoms. The van der Waals surface area contributed by atoms with Crippen molar-refractivity contribution in [2.45, 2.75) is 50.8 Å². The van der Waals surface area contributed by atoms with Gasteiger partial charge in [-0.3, -0.25) is 4.99 Å². The molecule has 152 valence electrons. The molecule has 1 N–H and O–H groups in total. The summed E-state index contributed by atoms with van der Waals surface area (Å²) in [6.45, 7) is 12.3. The van der Waals surface area contributed by atoms with Crippen molar-refractivity contribution in [2.24, 2.45) is 10.9 Å². The Morgan fingerprint density at radius 1 is 1.37 bits per heavy atom. The third kappa shape index (κ3) is 5.19. The maximum atomic E-state index is 5.61. The predicted molar refractivity (Wildman–Crippen MR) is 114 cm³/mol. The second kappa shape index (κ2) is 9.82. The Morgan fingerprint density at radius 2 is 2.19 bits per heavy atom. The Labute approximate surface area is 168 Å². The SMILES string of the molecule is CCNC(=NCC1(SCC)CCOCC1)N1CCC(C)C(n2ccnc2)C1. The van der Waals surface area contributed by atoms with E-state index in [-0.39, 0.29) is 4.75 Å². The summed E-state index contributed by atoms with van der Waals surface area (Å²) < 4.78 is 8.11. The molecule has 6 nitrogen and oxygen atoms in total. The minimum atomic E-state index is 0.237. The Balaban J connectivity index is 1.72. The molecular weight excluding hydrogens is 358 g/mol. The average molecular weight is 394 g/mol. The van der Waals surface area contributed by atoms with Gasteiger partial charge in [-0.15, -0.1) is 0 Å². The van der Waals surface area contributed by atoms with Crippen molar-refractivity contribution in [1.82, 2.24) is 19.8 Å². The van der Waals surface area contributed by atoms with Gasteiger partial charge in [0.2, 0.25) is 0 Å². The molecule has 2 fully saturated rings. The maximum absolute atomic E-state index is 5.61. The van der Waals surface area contributed by atoms with Crippen LogP contribution < -0.4 is 5.32 Å². The lowest BCUT2D eigenvalue weighted by Crippen LogP contribution is -2.49. The van der Waals surface area contributed by atoms with Crippen LogP contribution in [0.4, 0.5) is 0 Å². The van der Waals surface area contributed by atoms with Gasteiger partial charge in [0.15, 0.2) is 5.96 Å². The van der Waals surface area contributed by atoms with Crippen molar-refractivity contribution in [3.05, 3.63) is 18.7 Å². The largest absolute Gasteiger partial charge is 0.381 e. The predicted octanol–water partition coefficient (Wildman–Crippen LogP) is 3.03. The van der Waals surface area contributed by atoms with Gasteiger partial charge < -0.3 is 19.5 Å². The summed E-state index contributed by atoms with van der Waals surface area (Å²) in [5.74, 6) is 2.85. The normalized spacial score (nSPS) is 26.2. The molecular formula is C20H35N5OS. The molecule has 0 radical (unpaired) electrons. The number of guanidine groups is 1. The molecule has 3 heterocycles. The van der Waals surface area contributed by atoms with Gasteiger partial charge in [-0.1, -0.05) is 13.8 Å². The van der Waals surface area contributed by atoms with E-state index in [4.69, 9.17) is 9.73 Å². The van der Waals surface area contributed by atoms with E-state index in [1.165, 1.54) is 6.42 Å².